The number of para-hydroxylation sites is 2. The molecule has 8 heteroatoms. The number of hydrogen-bond acceptors (Lipinski definition) is 4. The summed E-state index contributed by atoms with van der Waals surface area (Å²) in [5.41, 5.74) is 4.97. The fourth-order valence-corrected chi connectivity index (χ4v) is 5.43. The normalized spacial score (nSPS) is 15.2. The first-order valence-corrected chi connectivity index (χ1v) is 13.8. The van der Waals surface area contributed by atoms with Crippen LogP contribution >= 0.6 is 0 Å². The van der Waals surface area contributed by atoms with Gasteiger partial charge in [-0.2, -0.15) is 0 Å². The lowest BCUT2D eigenvalue weighted by atomic mass is 9.92. The van der Waals surface area contributed by atoms with Gasteiger partial charge in [0.25, 0.3) is 0 Å². The van der Waals surface area contributed by atoms with Gasteiger partial charge in [0.15, 0.2) is 0 Å². The molecule has 208 valence electrons. The number of anilines is 2. The smallest absolute Gasteiger partial charge is 0.318 e. The molecule has 2 heterocycles. The van der Waals surface area contributed by atoms with Crippen LogP contribution in [0.4, 0.5) is 16.2 Å². The molecule has 8 nitrogen and oxygen atoms in total. The van der Waals surface area contributed by atoms with Crippen molar-refractivity contribution in [2.75, 3.05) is 50.5 Å². The van der Waals surface area contributed by atoms with Gasteiger partial charge >= 0.3 is 6.03 Å². The highest BCUT2D eigenvalue weighted by atomic mass is 16.2. The number of nitrogens with zero attached hydrogens (tertiary/aromatic N) is 3. The van der Waals surface area contributed by atoms with Gasteiger partial charge in [-0.1, -0.05) is 55.5 Å². The van der Waals surface area contributed by atoms with Gasteiger partial charge in [0.1, 0.15) is 6.04 Å². The van der Waals surface area contributed by atoms with Crippen LogP contribution in [0, 0.1) is 0 Å². The van der Waals surface area contributed by atoms with Crippen LogP contribution in [0.2, 0.25) is 0 Å². The molecular formula is C32H38N6O2. The Balaban J connectivity index is 1.34. The number of carbonyl (C=O) groups excluding carboxylic acids is 2. The third kappa shape index (κ3) is 6.29. The molecule has 5 rings (SSSR count). The van der Waals surface area contributed by atoms with Crippen LogP contribution in [0.3, 0.4) is 0 Å². The van der Waals surface area contributed by atoms with Crippen LogP contribution in [-0.2, 0) is 11.3 Å². The van der Waals surface area contributed by atoms with Crippen molar-refractivity contribution >= 4 is 34.2 Å². The number of fused-ring (bicyclic) bond motifs is 1. The zero-order valence-electron chi connectivity index (χ0n) is 23.4. The Morgan fingerprint density at radius 3 is 2.40 bits per heavy atom. The predicted octanol–water partition coefficient (Wildman–Crippen LogP) is 4.87. The molecule has 4 aromatic rings. The van der Waals surface area contributed by atoms with Crippen LogP contribution in [0.25, 0.3) is 10.9 Å². The lowest BCUT2D eigenvalue weighted by Crippen LogP contribution is -2.56. The van der Waals surface area contributed by atoms with E-state index in [2.05, 4.69) is 37.6 Å². The highest BCUT2D eigenvalue weighted by molar-refractivity contribution is 5.98. The monoisotopic (exact) mass is 538 g/mol. The van der Waals surface area contributed by atoms with E-state index in [0.717, 1.165) is 47.4 Å². The Kier molecular flexibility index (Phi) is 8.36. The van der Waals surface area contributed by atoms with Gasteiger partial charge in [0.05, 0.1) is 0 Å². The Bertz CT molecular complexity index is 1440. The predicted molar refractivity (Wildman–Crippen MR) is 162 cm³/mol. The number of aromatic amines is 1. The molecule has 1 aliphatic heterocycles. The van der Waals surface area contributed by atoms with Gasteiger partial charge in [-0.25, -0.2) is 4.79 Å². The van der Waals surface area contributed by atoms with Crippen LogP contribution in [0.5, 0.6) is 0 Å². The third-order valence-electron chi connectivity index (χ3n) is 7.55. The standard InChI is InChI=1S/C32H38N6O2/c1-23(28-21-33-29-15-8-7-14-27(28)29)30(31(39)34-25-11-9-10-24(20-25)22-36(2)3)35-32(40)38-18-16-37(17-19-38)26-12-5-4-6-13-26/h4-15,20-21,23,30,33H,16-19,22H2,1-3H3,(H,34,39)(H,35,40)/t23-,30?/m0/s1. The first-order valence-electron chi connectivity index (χ1n) is 13.8. The molecule has 40 heavy (non-hydrogen) atoms. The molecule has 1 unspecified atom stereocenters. The number of H-pyrrole nitrogens is 1. The summed E-state index contributed by atoms with van der Waals surface area (Å²) in [4.78, 5) is 36.8. The molecule has 0 bridgehead atoms. The van der Waals surface area contributed by atoms with Crippen LogP contribution in [0.15, 0.2) is 85.1 Å². The summed E-state index contributed by atoms with van der Waals surface area (Å²) >= 11 is 0. The second-order valence-corrected chi connectivity index (χ2v) is 10.7. The molecule has 1 aliphatic rings. The Morgan fingerprint density at radius 2 is 1.65 bits per heavy atom. The summed E-state index contributed by atoms with van der Waals surface area (Å²) in [7, 11) is 4.03. The van der Waals surface area contributed by atoms with Gasteiger partial charge < -0.3 is 30.3 Å². The minimum Gasteiger partial charge on any atom is -0.368 e. The van der Waals surface area contributed by atoms with Crippen molar-refractivity contribution in [3.05, 3.63) is 96.2 Å². The Labute approximate surface area is 236 Å². The van der Waals surface area contributed by atoms with Crippen molar-refractivity contribution in [3.8, 4) is 0 Å². The van der Waals surface area contributed by atoms with E-state index in [4.69, 9.17) is 0 Å². The number of aromatic nitrogens is 1. The molecule has 2 atom stereocenters. The van der Waals surface area contributed by atoms with Gasteiger partial charge in [0, 0.05) is 67.1 Å². The quantitative estimate of drug-likeness (QED) is 0.299. The number of carbonyl (C=O) groups is 2. The van der Waals surface area contributed by atoms with Crippen molar-refractivity contribution in [1.29, 1.82) is 0 Å². The van der Waals surface area contributed by atoms with E-state index in [-0.39, 0.29) is 17.9 Å². The number of piperazine rings is 1. The minimum atomic E-state index is -0.767. The number of rotatable bonds is 8. The van der Waals surface area contributed by atoms with Crippen molar-refractivity contribution in [1.82, 2.24) is 20.1 Å². The second kappa shape index (κ2) is 12.3. The van der Waals surface area contributed by atoms with Gasteiger partial charge in [-0.15, -0.1) is 0 Å². The Hall–Kier alpha value is -4.30. The maximum atomic E-state index is 13.8. The summed E-state index contributed by atoms with van der Waals surface area (Å²) in [6.45, 7) is 5.42. The molecule has 0 spiro atoms. The van der Waals surface area contributed by atoms with E-state index >= 15 is 0 Å². The number of urea groups is 1. The summed E-state index contributed by atoms with van der Waals surface area (Å²) in [5, 5.41) is 7.22. The summed E-state index contributed by atoms with van der Waals surface area (Å²) in [6, 6.07) is 25.1. The molecule has 1 saturated heterocycles. The first kappa shape index (κ1) is 27.3. The maximum Gasteiger partial charge on any atom is 0.318 e. The number of hydrogen-bond donors (Lipinski definition) is 3. The molecule has 0 saturated carbocycles. The fourth-order valence-electron chi connectivity index (χ4n) is 5.43. The summed E-state index contributed by atoms with van der Waals surface area (Å²) in [6.07, 6.45) is 1.94. The van der Waals surface area contributed by atoms with Crippen LogP contribution in [0.1, 0.15) is 24.0 Å². The average molecular weight is 539 g/mol. The zero-order chi connectivity index (χ0) is 28.1. The minimum absolute atomic E-state index is 0.221. The van der Waals surface area contributed by atoms with E-state index < -0.39 is 6.04 Å². The number of nitrogens with one attached hydrogen (secondary N) is 3. The largest absolute Gasteiger partial charge is 0.368 e. The van der Waals surface area contributed by atoms with Crippen LogP contribution in [-0.4, -0.2) is 73.0 Å². The highest BCUT2D eigenvalue weighted by Crippen LogP contribution is 2.29. The first-order chi connectivity index (χ1) is 19.4. The molecule has 1 aromatic heterocycles. The average Bonchev–Trinajstić information content (AvgIpc) is 3.40. The van der Waals surface area contributed by atoms with E-state index in [1.54, 1.807) is 4.90 Å². The SMILES string of the molecule is C[C@@H](c1c[nH]c2ccccc12)C(NC(=O)N1CCN(c2ccccc2)CC1)C(=O)Nc1cccc(CN(C)C)c1. The lowest BCUT2D eigenvalue weighted by Gasteiger charge is -2.37. The second-order valence-electron chi connectivity index (χ2n) is 10.7. The molecule has 3 N–H and O–H groups in total. The van der Waals surface area contributed by atoms with Crippen molar-refractivity contribution in [2.24, 2.45) is 0 Å². The molecule has 3 amide bonds. The zero-order valence-corrected chi connectivity index (χ0v) is 23.4. The third-order valence-corrected chi connectivity index (χ3v) is 7.55. The Morgan fingerprint density at radius 1 is 0.925 bits per heavy atom. The lowest BCUT2D eigenvalue weighted by molar-refractivity contribution is -0.118. The maximum absolute atomic E-state index is 13.8. The molecule has 1 fully saturated rings. The molecule has 0 radical (unpaired) electrons. The molecule has 3 aromatic carbocycles. The summed E-state index contributed by atoms with van der Waals surface area (Å²) in [5.74, 6) is -0.508. The van der Waals surface area contributed by atoms with Crippen LogP contribution < -0.4 is 15.5 Å². The van der Waals surface area contributed by atoms with Crippen molar-refractivity contribution < 1.29 is 9.59 Å². The number of benzene rings is 3. The molecule has 0 aliphatic carbocycles. The topological polar surface area (TPSA) is 83.7 Å². The number of amides is 3. The van der Waals surface area contributed by atoms with Gasteiger partial charge in [-0.05, 0) is 55.6 Å². The fraction of sp³-hybridized carbons (Fsp3) is 0.312. The van der Waals surface area contributed by atoms with E-state index in [9.17, 15) is 9.59 Å². The van der Waals surface area contributed by atoms with Gasteiger partial charge in [0.2, 0.25) is 5.91 Å². The van der Waals surface area contributed by atoms with Crippen molar-refractivity contribution in [3.63, 3.8) is 0 Å². The van der Waals surface area contributed by atoms with Crippen molar-refractivity contribution in [2.45, 2.75) is 25.4 Å². The summed E-state index contributed by atoms with van der Waals surface area (Å²) < 4.78 is 0. The molecular weight excluding hydrogens is 500 g/mol. The van der Waals surface area contributed by atoms with Gasteiger partial charge in [-0.3, -0.25) is 4.79 Å². The van der Waals surface area contributed by atoms with E-state index in [1.165, 1.54) is 0 Å². The van der Waals surface area contributed by atoms with E-state index in [1.807, 2.05) is 93.9 Å². The highest BCUT2D eigenvalue weighted by Gasteiger charge is 2.32. The van der Waals surface area contributed by atoms with E-state index in [0.29, 0.717) is 18.8 Å².